The van der Waals surface area contributed by atoms with Gasteiger partial charge in [0, 0.05) is 12.0 Å². The standard InChI is InChI=1S/C19H13F9N2O2/c20-17(21,22)11-5-10(6-12(8-11)18(23,24)25)16(32)30-14(15(29)31)7-9-3-1-2-4-13(9)19(26,27)28/h1-6,8,14H,7H2,(H2,29,31)(H,30,32)/t14-/m1/s1. The lowest BCUT2D eigenvalue weighted by Gasteiger charge is -2.19. The minimum atomic E-state index is -5.23. The van der Waals surface area contributed by atoms with Crippen molar-refractivity contribution in [3.05, 3.63) is 70.3 Å². The topological polar surface area (TPSA) is 72.2 Å². The van der Waals surface area contributed by atoms with E-state index in [0.717, 1.165) is 12.1 Å². The molecule has 0 aliphatic carbocycles. The van der Waals surface area contributed by atoms with E-state index in [0.29, 0.717) is 6.07 Å². The molecule has 2 aromatic carbocycles. The Bertz CT molecular complexity index is 979. The number of hydrogen-bond acceptors (Lipinski definition) is 2. The van der Waals surface area contributed by atoms with E-state index in [-0.39, 0.29) is 18.2 Å². The number of nitrogens with one attached hydrogen (secondary N) is 1. The molecule has 0 bridgehead atoms. The van der Waals surface area contributed by atoms with E-state index in [4.69, 9.17) is 5.73 Å². The maximum absolute atomic E-state index is 13.1. The summed E-state index contributed by atoms with van der Waals surface area (Å²) in [6.45, 7) is 0. The number of halogens is 9. The zero-order chi connectivity index (χ0) is 24.5. The molecule has 32 heavy (non-hydrogen) atoms. The van der Waals surface area contributed by atoms with Gasteiger partial charge in [0.1, 0.15) is 6.04 Å². The Morgan fingerprint density at radius 2 is 1.31 bits per heavy atom. The summed E-state index contributed by atoms with van der Waals surface area (Å²) in [4.78, 5) is 24.0. The van der Waals surface area contributed by atoms with Gasteiger partial charge in [-0.25, -0.2) is 0 Å². The molecule has 0 fully saturated rings. The first kappa shape index (κ1) is 25.0. The molecule has 0 unspecified atom stereocenters. The summed E-state index contributed by atoms with van der Waals surface area (Å²) in [6.07, 6.45) is -16.1. The SMILES string of the molecule is NC(=O)[C@@H](Cc1ccccc1C(F)(F)F)NC(=O)c1cc(C(F)(F)F)cc(C(F)(F)F)c1. The average Bonchev–Trinajstić information content (AvgIpc) is 2.65. The van der Waals surface area contributed by atoms with Crippen LogP contribution in [0.3, 0.4) is 0 Å². The molecule has 0 aliphatic rings. The number of alkyl halides is 9. The van der Waals surface area contributed by atoms with E-state index in [1.165, 1.54) is 6.07 Å². The summed E-state index contributed by atoms with van der Waals surface area (Å²) in [5, 5.41) is 1.80. The molecule has 0 aromatic heterocycles. The highest BCUT2D eigenvalue weighted by Crippen LogP contribution is 2.36. The van der Waals surface area contributed by atoms with Crippen LogP contribution in [0.4, 0.5) is 39.5 Å². The Balaban J connectivity index is 2.40. The molecule has 13 heteroatoms. The third kappa shape index (κ3) is 6.14. The summed E-state index contributed by atoms with van der Waals surface area (Å²) >= 11 is 0. The smallest absolute Gasteiger partial charge is 0.368 e. The lowest BCUT2D eigenvalue weighted by Crippen LogP contribution is -2.46. The van der Waals surface area contributed by atoms with Crippen LogP contribution in [0.2, 0.25) is 0 Å². The van der Waals surface area contributed by atoms with Gasteiger partial charge in [-0.05, 0) is 29.8 Å². The van der Waals surface area contributed by atoms with E-state index in [2.05, 4.69) is 0 Å². The number of primary amides is 1. The molecule has 4 nitrogen and oxygen atoms in total. The van der Waals surface area contributed by atoms with Gasteiger partial charge in [0.25, 0.3) is 5.91 Å². The van der Waals surface area contributed by atoms with Crippen molar-refractivity contribution in [3.8, 4) is 0 Å². The number of carbonyl (C=O) groups is 2. The average molecular weight is 472 g/mol. The molecular formula is C19H13F9N2O2. The van der Waals surface area contributed by atoms with Crippen molar-refractivity contribution in [2.45, 2.75) is 31.0 Å². The summed E-state index contributed by atoms with van der Waals surface area (Å²) in [7, 11) is 0. The Morgan fingerprint density at radius 3 is 1.75 bits per heavy atom. The molecule has 174 valence electrons. The Morgan fingerprint density at radius 1 is 0.812 bits per heavy atom. The zero-order valence-electron chi connectivity index (χ0n) is 15.6. The quantitative estimate of drug-likeness (QED) is 0.626. The van der Waals surface area contributed by atoms with E-state index in [1.54, 1.807) is 5.32 Å². The molecule has 0 saturated carbocycles. The maximum Gasteiger partial charge on any atom is 0.416 e. The maximum atomic E-state index is 13.1. The van der Waals surface area contributed by atoms with Crippen molar-refractivity contribution in [3.63, 3.8) is 0 Å². The zero-order valence-corrected chi connectivity index (χ0v) is 15.6. The van der Waals surface area contributed by atoms with Crippen molar-refractivity contribution < 1.29 is 49.1 Å². The van der Waals surface area contributed by atoms with E-state index in [1.807, 2.05) is 0 Å². The first-order valence-electron chi connectivity index (χ1n) is 8.55. The molecule has 2 rings (SSSR count). The van der Waals surface area contributed by atoms with Crippen molar-refractivity contribution in [1.82, 2.24) is 5.32 Å². The number of benzene rings is 2. The lowest BCUT2D eigenvalue weighted by molar-refractivity contribution is -0.143. The van der Waals surface area contributed by atoms with Gasteiger partial charge in [0.2, 0.25) is 5.91 Å². The van der Waals surface area contributed by atoms with Crippen molar-refractivity contribution >= 4 is 11.8 Å². The van der Waals surface area contributed by atoms with Crippen LogP contribution in [0.25, 0.3) is 0 Å². The molecule has 0 heterocycles. The van der Waals surface area contributed by atoms with Gasteiger partial charge >= 0.3 is 18.5 Å². The largest absolute Gasteiger partial charge is 0.416 e. The van der Waals surface area contributed by atoms with Crippen molar-refractivity contribution in [2.24, 2.45) is 5.73 Å². The number of hydrogen-bond donors (Lipinski definition) is 2. The second-order valence-corrected chi connectivity index (χ2v) is 6.58. The minimum absolute atomic E-state index is 0.117. The fourth-order valence-electron chi connectivity index (χ4n) is 2.75. The first-order chi connectivity index (χ1) is 14.5. The van der Waals surface area contributed by atoms with E-state index in [9.17, 15) is 49.1 Å². The van der Waals surface area contributed by atoms with E-state index < -0.39 is 70.6 Å². The Hall–Kier alpha value is -3.25. The predicted molar refractivity (Wildman–Crippen MR) is 92.0 cm³/mol. The molecule has 3 N–H and O–H groups in total. The number of amides is 2. The first-order valence-corrected chi connectivity index (χ1v) is 8.55. The summed E-state index contributed by atoms with van der Waals surface area (Å²) in [6, 6.07) is 2.11. The second-order valence-electron chi connectivity index (χ2n) is 6.58. The number of nitrogens with two attached hydrogens (primary N) is 1. The predicted octanol–water partition coefficient (Wildman–Crippen LogP) is 4.57. The molecule has 2 amide bonds. The van der Waals surface area contributed by atoms with Crippen LogP contribution < -0.4 is 11.1 Å². The van der Waals surface area contributed by atoms with Gasteiger partial charge in [0.15, 0.2) is 0 Å². The Kier molecular flexibility index (Phi) is 6.81. The van der Waals surface area contributed by atoms with Crippen LogP contribution in [0.5, 0.6) is 0 Å². The van der Waals surface area contributed by atoms with Gasteiger partial charge in [-0.15, -0.1) is 0 Å². The molecule has 2 aromatic rings. The third-order valence-corrected chi connectivity index (χ3v) is 4.25. The summed E-state index contributed by atoms with van der Waals surface area (Å²) < 4.78 is 117. The number of rotatable bonds is 5. The lowest BCUT2D eigenvalue weighted by atomic mass is 9.98. The van der Waals surface area contributed by atoms with Crippen LogP contribution in [-0.2, 0) is 29.7 Å². The highest BCUT2D eigenvalue weighted by Gasteiger charge is 2.38. The van der Waals surface area contributed by atoms with Gasteiger partial charge in [0.05, 0.1) is 16.7 Å². The van der Waals surface area contributed by atoms with Gasteiger partial charge in [-0.3, -0.25) is 9.59 Å². The van der Waals surface area contributed by atoms with Gasteiger partial charge < -0.3 is 11.1 Å². The fourth-order valence-corrected chi connectivity index (χ4v) is 2.75. The molecule has 0 radical (unpaired) electrons. The van der Waals surface area contributed by atoms with Crippen molar-refractivity contribution in [1.29, 1.82) is 0 Å². The molecule has 0 saturated heterocycles. The van der Waals surface area contributed by atoms with Crippen LogP contribution in [0, 0.1) is 0 Å². The summed E-state index contributed by atoms with van der Waals surface area (Å²) in [5.74, 6) is -2.91. The second kappa shape index (κ2) is 8.71. The molecular weight excluding hydrogens is 459 g/mol. The van der Waals surface area contributed by atoms with Crippen LogP contribution in [-0.4, -0.2) is 17.9 Å². The molecule has 0 spiro atoms. The van der Waals surface area contributed by atoms with Crippen LogP contribution >= 0.6 is 0 Å². The fraction of sp³-hybridized carbons (Fsp3) is 0.263. The normalized spacial score (nSPS) is 13.5. The third-order valence-electron chi connectivity index (χ3n) is 4.25. The van der Waals surface area contributed by atoms with Gasteiger partial charge in [-0.1, -0.05) is 18.2 Å². The van der Waals surface area contributed by atoms with Crippen molar-refractivity contribution in [2.75, 3.05) is 0 Å². The monoisotopic (exact) mass is 472 g/mol. The highest BCUT2D eigenvalue weighted by atomic mass is 19.4. The van der Waals surface area contributed by atoms with Gasteiger partial charge in [-0.2, -0.15) is 39.5 Å². The molecule has 1 atom stereocenters. The van der Waals surface area contributed by atoms with E-state index >= 15 is 0 Å². The minimum Gasteiger partial charge on any atom is -0.368 e. The van der Waals surface area contributed by atoms with Crippen LogP contribution in [0.15, 0.2) is 42.5 Å². The Labute approximate surface area is 174 Å². The highest BCUT2D eigenvalue weighted by molar-refractivity contribution is 5.97. The molecule has 0 aliphatic heterocycles. The van der Waals surface area contributed by atoms with Crippen LogP contribution in [0.1, 0.15) is 32.6 Å². The number of carbonyl (C=O) groups excluding carboxylic acids is 2. The summed E-state index contributed by atoms with van der Waals surface area (Å²) in [5.41, 5.74) is -1.22.